The molecule has 24 heavy (non-hydrogen) atoms. The molecule has 1 aliphatic heterocycles. The predicted octanol–water partition coefficient (Wildman–Crippen LogP) is 2.75. The van der Waals surface area contributed by atoms with Crippen molar-refractivity contribution in [3.05, 3.63) is 45.7 Å². The van der Waals surface area contributed by atoms with E-state index in [2.05, 4.69) is 4.98 Å². The van der Waals surface area contributed by atoms with Gasteiger partial charge >= 0.3 is 0 Å². The third-order valence-electron chi connectivity index (χ3n) is 4.54. The van der Waals surface area contributed by atoms with Crippen molar-refractivity contribution < 1.29 is 9.53 Å². The van der Waals surface area contributed by atoms with Crippen molar-refractivity contribution in [3.8, 4) is 0 Å². The number of hydrogen-bond acceptors (Lipinski definition) is 3. The molecule has 2 aromatic rings. The van der Waals surface area contributed by atoms with E-state index in [0.29, 0.717) is 25.1 Å². The van der Waals surface area contributed by atoms with Gasteiger partial charge in [0.05, 0.1) is 12.6 Å². The number of amides is 1. The number of aromatic nitrogens is 1. The number of aromatic amines is 1. The molecule has 5 heteroatoms. The van der Waals surface area contributed by atoms with Gasteiger partial charge in [0.15, 0.2) is 0 Å². The number of nitrogens with one attached hydrogen (secondary N) is 1. The van der Waals surface area contributed by atoms with Gasteiger partial charge in [-0.3, -0.25) is 9.59 Å². The molecule has 1 aromatic carbocycles. The lowest BCUT2D eigenvalue weighted by Crippen LogP contribution is -2.37. The highest BCUT2D eigenvalue weighted by atomic mass is 16.5. The Kier molecular flexibility index (Phi) is 5.00. The molecule has 1 unspecified atom stereocenters. The van der Waals surface area contributed by atoms with Gasteiger partial charge in [-0.25, -0.2) is 0 Å². The van der Waals surface area contributed by atoms with Crippen LogP contribution in [0.5, 0.6) is 0 Å². The molecule has 128 valence electrons. The lowest BCUT2D eigenvalue weighted by Gasteiger charge is -2.25. The number of fused-ring (bicyclic) bond motifs is 1. The topological polar surface area (TPSA) is 62.4 Å². The van der Waals surface area contributed by atoms with Crippen LogP contribution in [0.15, 0.2) is 29.1 Å². The summed E-state index contributed by atoms with van der Waals surface area (Å²) in [5.74, 6) is 0.0502. The number of ether oxygens (including phenoxy) is 1. The molecule has 1 saturated heterocycles. The smallest absolute Gasteiger partial charge is 0.253 e. The van der Waals surface area contributed by atoms with Gasteiger partial charge in [0.25, 0.3) is 5.56 Å². The molecule has 0 bridgehead atoms. The van der Waals surface area contributed by atoms with E-state index >= 15 is 0 Å². The molecule has 1 amide bonds. The van der Waals surface area contributed by atoms with Crippen LogP contribution < -0.4 is 5.56 Å². The van der Waals surface area contributed by atoms with E-state index in [-0.39, 0.29) is 17.6 Å². The summed E-state index contributed by atoms with van der Waals surface area (Å²) in [6, 6.07) is 7.83. The average molecular weight is 328 g/mol. The lowest BCUT2D eigenvalue weighted by atomic mass is 10.1. The van der Waals surface area contributed by atoms with Crippen molar-refractivity contribution in [2.24, 2.45) is 0 Å². The van der Waals surface area contributed by atoms with Gasteiger partial charge in [-0.1, -0.05) is 18.6 Å². The third-order valence-corrected chi connectivity index (χ3v) is 4.54. The van der Waals surface area contributed by atoms with E-state index in [1.807, 2.05) is 38.1 Å². The van der Waals surface area contributed by atoms with E-state index in [4.69, 9.17) is 4.74 Å². The maximum absolute atomic E-state index is 12.4. The summed E-state index contributed by atoms with van der Waals surface area (Å²) in [6.45, 7) is 5.51. The Balaban J connectivity index is 1.87. The largest absolute Gasteiger partial charge is 0.376 e. The second-order valence-corrected chi connectivity index (χ2v) is 6.48. The molecule has 1 atom stereocenters. The minimum Gasteiger partial charge on any atom is -0.376 e. The SMILES string of the molecule is CCC(=O)N(Cc1cc2cc(C)ccc2[nH]c1=O)CC1CCCO1. The second-order valence-electron chi connectivity index (χ2n) is 6.48. The number of carbonyl (C=O) groups excluding carboxylic acids is 1. The highest BCUT2D eigenvalue weighted by Crippen LogP contribution is 2.17. The molecule has 0 saturated carbocycles. The second kappa shape index (κ2) is 7.18. The monoisotopic (exact) mass is 328 g/mol. The van der Waals surface area contributed by atoms with Gasteiger partial charge in [0, 0.05) is 30.7 Å². The van der Waals surface area contributed by atoms with Crippen LogP contribution in [0.2, 0.25) is 0 Å². The number of aryl methyl sites for hydroxylation is 1. The fourth-order valence-electron chi connectivity index (χ4n) is 3.21. The molecule has 0 aliphatic carbocycles. The Morgan fingerprint density at radius 3 is 2.92 bits per heavy atom. The molecule has 3 rings (SSSR count). The van der Waals surface area contributed by atoms with Crippen LogP contribution in [0.1, 0.15) is 37.3 Å². The zero-order valence-corrected chi connectivity index (χ0v) is 14.3. The minimum atomic E-state index is -0.132. The first-order valence-electron chi connectivity index (χ1n) is 8.58. The van der Waals surface area contributed by atoms with Crippen LogP contribution in [-0.4, -0.2) is 35.0 Å². The normalized spacial score (nSPS) is 17.3. The summed E-state index contributed by atoms with van der Waals surface area (Å²) < 4.78 is 5.65. The maximum Gasteiger partial charge on any atom is 0.253 e. The molecule has 5 nitrogen and oxygen atoms in total. The Labute approximate surface area is 141 Å². The van der Waals surface area contributed by atoms with Gasteiger partial charge < -0.3 is 14.6 Å². The van der Waals surface area contributed by atoms with Crippen molar-refractivity contribution in [1.82, 2.24) is 9.88 Å². The van der Waals surface area contributed by atoms with Crippen LogP contribution >= 0.6 is 0 Å². The standard InChI is InChI=1S/C19H24N2O3/c1-3-18(22)21(12-16-5-4-8-24-16)11-15-10-14-9-13(2)6-7-17(14)20-19(15)23/h6-7,9-10,16H,3-5,8,11-12H2,1-2H3,(H,20,23). The molecule has 2 heterocycles. The van der Waals surface area contributed by atoms with E-state index in [1.54, 1.807) is 4.90 Å². The van der Waals surface area contributed by atoms with Crippen molar-refractivity contribution >= 4 is 16.8 Å². The maximum atomic E-state index is 12.4. The quantitative estimate of drug-likeness (QED) is 0.918. The Morgan fingerprint density at radius 1 is 1.38 bits per heavy atom. The summed E-state index contributed by atoms with van der Waals surface area (Å²) in [7, 11) is 0. The fourth-order valence-corrected chi connectivity index (χ4v) is 3.21. The number of pyridine rings is 1. The number of H-pyrrole nitrogens is 1. The highest BCUT2D eigenvalue weighted by molar-refractivity contribution is 5.80. The van der Waals surface area contributed by atoms with Gasteiger partial charge in [-0.15, -0.1) is 0 Å². The summed E-state index contributed by atoms with van der Waals surface area (Å²) >= 11 is 0. The van der Waals surface area contributed by atoms with Crippen molar-refractivity contribution in [1.29, 1.82) is 0 Å². The van der Waals surface area contributed by atoms with Crippen molar-refractivity contribution in [2.45, 2.75) is 45.8 Å². The van der Waals surface area contributed by atoms with Crippen LogP contribution in [0.3, 0.4) is 0 Å². The molecular weight excluding hydrogens is 304 g/mol. The highest BCUT2D eigenvalue weighted by Gasteiger charge is 2.22. The first kappa shape index (κ1) is 16.7. The van der Waals surface area contributed by atoms with Crippen molar-refractivity contribution in [3.63, 3.8) is 0 Å². The Morgan fingerprint density at radius 2 is 2.21 bits per heavy atom. The third kappa shape index (κ3) is 3.67. The molecule has 0 radical (unpaired) electrons. The molecule has 1 aromatic heterocycles. The summed E-state index contributed by atoms with van der Waals surface area (Å²) in [6.07, 6.45) is 2.52. The number of carbonyl (C=O) groups is 1. The minimum absolute atomic E-state index is 0.0502. The number of nitrogens with zero attached hydrogens (tertiary/aromatic N) is 1. The molecule has 1 N–H and O–H groups in total. The number of hydrogen-bond donors (Lipinski definition) is 1. The summed E-state index contributed by atoms with van der Waals surface area (Å²) in [5.41, 5.74) is 2.45. The van der Waals surface area contributed by atoms with Crippen molar-refractivity contribution in [2.75, 3.05) is 13.2 Å². The molecule has 1 aliphatic rings. The molecular formula is C19H24N2O3. The Hall–Kier alpha value is -2.14. The average Bonchev–Trinajstić information content (AvgIpc) is 3.07. The van der Waals surface area contributed by atoms with Crippen LogP contribution in [0.4, 0.5) is 0 Å². The van der Waals surface area contributed by atoms with Gasteiger partial charge in [0.1, 0.15) is 0 Å². The zero-order chi connectivity index (χ0) is 17.1. The van der Waals surface area contributed by atoms with Gasteiger partial charge in [0.2, 0.25) is 5.91 Å². The van der Waals surface area contributed by atoms with Gasteiger partial charge in [-0.2, -0.15) is 0 Å². The fraction of sp³-hybridized carbons (Fsp3) is 0.474. The van der Waals surface area contributed by atoms with Crippen LogP contribution in [-0.2, 0) is 16.1 Å². The van der Waals surface area contributed by atoms with E-state index in [1.165, 1.54) is 0 Å². The van der Waals surface area contributed by atoms with E-state index in [0.717, 1.165) is 35.9 Å². The van der Waals surface area contributed by atoms with E-state index in [9.17, 15) is 9.59 Å². The number of rotatable bonds is 5. The predicted molar refractivity (Wildman–Crippen MR) is 94.0 cm³/mol. The zero-order valence-electron chi connectivity index (χ0n) is 14.3. The van der Waals surface area contributed by atoms with Crippen LogP contribution in [0.25, 0.3) is 10.9 Å². The molecule has 0 spiro atoms. The lowest BCUT2D eigenvalue weighted by molar-refractivity contribution is -0.133. The van der Waals surface area contributed by atoms with Crippen LogP contribution in [0, 0.1) is 6.92 Å². The first-order chi connectivity index (χ1) is 11.6. The van der Waals surface area contributed by atoms with E-state index < -0.39 is 0 Å². The number of benzene rings is 1. The summed E-state index contributed by atoms with van der Waals surface area (Å²) in [4.78, 5) is 29.3. The Bertz CT molecular complexity index is 791. The first-order valence-corrected chi connectivity index (χ1v) is 8.58. The summed E-state index contributed by atoms with van der Waals surface area (Å²) in [5, 5.41) is 0.991. The molecule has 1 fully saturated rings. The van der Waals surface area contributed by atoms with Gasteiger partial charge in [-0.05, 0) is 43.4 Å².